The minimum absolute atomic E-state index is 0.00800. The number of carbonyl (C=O) groups is 1. The Labute approximate surface area is 123 Å². The van der Waals surface area contributed by atoms with Crippen LogP contribution in [0.2, 0.25) is 0 Å². The summed E-state index contributed by atoms with van der Waals surface area (Å²) in [6.45, 7) is 5.06. The van der Waals surface area contributed by atoms with Crippen LogP contribution in [0.25, 0.3) is 0 Å². The summed E-state index contributed by atoms with van der Waals surface area (Å²) >= 11 is 0. The average molecular weight is 278 g/mol. The molecule has 0 aromatic rings. The van der Waals surface area contributed by atoms with Gasteiger partial charge in [-0.3, -0.25) is 4.79 Å². The van der Waals surface area contributed by atoms with Gasteiger partial charge in [0.25, 0.3) is 0 Å². The first kappa shape index (κ1) is 14.4. The van der Waals surface area contributed by atoms with Gasteiger partial charge in [-0.15, -0.1) is 0 Å². The summed E-state index contributed by atoms with van der Waals surface area (Å²) in [6.07, 6.45) is 8.94. The van der Waals surface area contributed by atoms with E-state index >= 15 is 0 Å². The summed E-state index contributed by atoms with van der Waals surface area (Å²) in [5.41, 5.74) is 6.43. The molecule has 0 aromatic heterocycles. The maximum absolute atomic E-state index is 12.1. The van der Waals surface area contributed by atoms with E-state index in [9.17, 15) is 4.79 Å². The number of hydrogen-bond donors (Lipinski definition) is 2. The van der Waals surface area contributed by atoms with Crippen molar-refractivity contribution in [1.29, 1.82) is 0 Å². The molecule has 4 aliphatic rings. The van der Waals surface area contributed by atoms with Crippen molar-refractivity contribution < 1.29 is 4.79 Å². The van der Waals surface area contributed by atoms with Crippen LogP contribution in [0.15, 0.2) is 0 Å². The molecule has 3 nitrogen and oxygen atoms in total. The molecule has 4 bridgehead atoms. The van der Waals surface area contributed by atoms with Crippen LogP contribution in [0.3, 0.4) is 0 Å². The van der Waals surface area contributed by atoms with E-state index in [4.69, 9.17) is 5.73 Å². The molecule has 1 amide bonds. The molecule has 3 heteroatoms. The molecule has 20 heavy (non-hydrogen) atoms. The first-order chi connectivity index (χ1) is 9.46. The second-order valence-electron chi connectivity index (χ2n) is 8.31. The third kappa shape index (κ3) is 2.88. The van der Waals surface area contributed by atoms with Crippen molar-refractivity contribution in [1.82, 2.24) is 5.32 Å². The molecule has 0 heterocycles. The monoisotopic (exact) mass is 278 g/mol. The maximum atomic E-state index is 12.1. The first-order valence-corrected chi connectivity index (χ1v) is 8.48. The van der Waals surface area contributed by atoms with Crippen LogP contribution in [0, 0.1) is 29.1 Å². The van der Waals surface area contributed by atoms with Crippen LogP contribution < -0.4 is 11.1 Å². The van der Waals surface area contributed by atoms with Gasteiger partial charge in [0.15, 0.2) is 0 Å². The molecule has 0 spiro atoms. The van der Waals surface area contributed by atoms with E-state index in [0.717, 1.165) is 24.3 Å². The molecule has 114 valence electrons. The number of nitrogens with two attached hydrogens (primary N) is 1. The topological polar surface area (TPSA) is 55.1 Å². The van der Waals surface area contributed by atoms with Gasteiger partial charge in [-0.25, -0.2) is 0 Å². The van der Waals surface area contributed by atoms with Gasteiger partial charge in [0.1, 0.15) is 0 Å². The minimum Gasteiger partial charge on any atom is -0.355 e. The molecule has 0 radical (unpaired) electrons. The van der Waals surface area contributed by atoms with Crippen LogP contribution in [0.1, 0.15) is 58.8 Å². The number of nitrogens with one attached hydrogen (secondary N) is 1. The molecule has 3 N–H and O–H groups in total. The fourth-order valence-electron chi connectivity index (χ4n) is 5.31. The molecule has 0 aromatic carbocycles. The van der Waals surface area contributed by atoms with E-state index in [1.807, 2.05) is 0 Å². The predicted molar refractivity (Wildman–Crippen MR) is 81.0 cm³/mol. The summed E-state index contributed by atoms with van der Waals surface area (Å²) < 4.78 is 0. The molecule has 4 rings (SSSR count). The largest absolute Gasteiger partial charge is 0.355 e. The summed E-state index contributed by atoms with van der Waals surface area (Å²) in [7, 11) is 0. The zero-order valence-corrected chi connectivity index (χ0v) is 13.0. The summed E-state index contributed by atoms with van der Waals surface area (Å²) in [6, 6.07) is -0.00800. The molecular formula is C17H30N2O. The first-order valence-electron chi connectivity index (χ1n) is 8.48. The van der Waals surface area contributed by atoms with E-state index in [2.05, 4.69) is 19.2 Å². The van der Waals surface area contributed by atoms with Crippen molar-refractivity contribution in [2.75, 3.05) is 6.54 Å². The Kier molecular flexibility index (Phi) is 3.83. The van der Waals surface area contributed by atoms with Crippen LogP contribution in [-0.2, 0) is 4.79 Å². The standard InChI is InChI=1S/C17H30N2O/c1-11(2)15(18)6-16(20)19-10-17-7-12-3-13(8-17)5-14(4-12)9-17/h11-15H,3-10,18H2,1-2H3,(H,19,20). The predicted octanol–water partition coefficient (Wildman–Crippen LogP) is 2.69. The highest BCUT2D eigenvalue weighted by Gasteiger charge is 2.50. The lowest BCUT2D eigenvalue weighted by Gasteiger charge is -2.56. The van der Waals surface area contributed by atoms with E-state index < -0.39 is 0 Å². The van der Waals surface area contributed by atoms with E-state index in [-0.39, 0.29) is 11.9 Å². The van der Waals surface area contributed by atoms with Crippen LogP contribution >= 0.6 is 0 Å². The fourth-order valence-corrected chi connectivity index (χ4v) is 5.31. The van der Waals surface area contributed by atoms with Crippen molar-refractivity contribution in [3.8, 4) is 0 Å². The number of hydrogen-bond acceptors (Lipinski definition) is 2. The smallest absolute Gasteiger partial charge is 0.221 e. The van der Waals surface area contributed by atoms with Crippen LogP contribution in [0.4, 0.5) is 0 Å². The second-order valence-corrected chi connectivity index (χ2v) is 8.31. The lowest BCUT2D eigenvalue weighted by atomic mass is 9.49. The third-order valence-corrected chi connectivity index (χ3v) is 6.10. The van der Waals surface area contributed by atoms with Crippen LogP contribution in [0.5, 0.6) is 0 Å². The number of rotatable bonds is 5. The lowest BCUT2D eigenvalue weighted by Crippen LogP contribution is -2.51. The highest BCUT2D eigenvalue weighted by Crippen LogP contribution is 2.59. The average Bonchev–Trinajstić information content (AvgIpc) is 2.34. The van der Waals surface area contributed by atoms with Gasteiger partial charge in [0.2, 0.25) is 5.91 Å². The van der Waals surface area contributed by atoms with Gasteiger partial charge in [0.05, 0.1) is 0 Å². The molecule has 4 saturated carbocycles. The molecule has 0 saturated heterocycles. The maximum Gasteiger partial charge on any atom is 0.221 e. The quantitative estimate of drug-likeness (QED) is 0.812. The Morgan fingerprint density at radius 2 is 1.65 bits per heavy atom. The van der Waals surface area contributed by atoms with Crippen molar-refractivity contribution in [2.24, 2.45) is 34.8 Å². The zero-order chi connectivity index (χ0) is 14.3. The third-order valence-electron chi connectivity index (χ3n) is 6.10. The van der Waals surface area contributed by atoms with Crippen molar-refractivity contribution in [3.63, 3.8) is 0 Å². The molecule has 4 fully saturated rings. The van der Waals surface area contributed by atoms with Crippen molar-refractivity contribution in [2.45, 2.75) is 64.8 Å². The molecule has 4 aliphatic carbocycles. The molecule has 1 unspecified atom stereocenters. The van der Waals surface area contributed by atoms with E-state index in [0.29, 0.717) is 17.8 Å². The van der Waals surface area contributed by atoms with E-state index in [1.165, 1.54) is 38.5 Å². The lowest BCUT2D eigenvalue weighted by molar-refractivity contribution is -0.123. The highest BCUT2D eigenvalue weighted by molar-refractivity contribution is 5.76. The summed E-state index contributed by atoms with van der Waals surface area (Å²) in [4.78, 5) is 12.1. The van der Waals surface area contributed by atoms with Gasteiger partial charge in [-0.1, -0.05) is 13.8 Å². The summed E-state index contributed by atoms with van der Waals surface area (Å²) in [5.74, 6) is 3.39. The van der Waals surface area contributed by atoms with Gasteiger partial charge < -0.3 is 11.1 Å². The zero-order valence-electron chi connectivity index (χ0n) is 13.0. The molecule has 1 atom stereocenters. The highest BCUT2D eigenvalue weighted by atomic mass is 16.1. The van der Waals surface area contributed by atoms with E-state index in [1.54, 1.807) is 0 Å². The Hall–Kier alpha value is -0.570. The Balaban J connectivity index is 1.52. The Morgan fingerprint density at radius 3 is 2.10 bits per heavy atom. The number of amides is 1. The minimum atomic E-state index is -0.00800. The van der Waals surface area contributed by atoms with Crippen molar-refractivity contribution >= 4 is 5.91 Å². The SMILES string of the molecule is CC(C)C(N)CC(=O)NCC12CC3CC(CC(C3)C1)C2. The van der Waals surface area contributed by atoms with Gasteiger partial charge in [-0.2, -0.15) is 0 Å². The van der Waals surface area contributed by atoms with Crippen molar-refractivity contribution in [3.05, 3.63) is 0 Å². The van der Waals surface area contributed by atoms with Gasteiger partial charge in [-0.05, 0) is 67.6 Å². The van der Waals surface area contributed by atoms with Gasteiger partial charge >= 0.3 is 0 Å². The Bertz CT molecular complexity index is 342. The Morgan fingerprint density at radius 1 is 1.15 bits per heavy atom. The normalized spacial score (nSPS) is 40.1. The van der Waals surface area contributed by atoms with Crippen LogP contribution in [-0.4, -0.2) is 18.5 Å². The molecule has 0 aliphatic heterocycles. The fraction of sp³-hybridized carbons (Fsp3) is 0.941. The number of carbonyl (C=O) groups excluding carboxylic acids is 1. The summed E-state index contributed by atoms with van der Waals surface area (Å²) in [5, 5.41) is 3.21. The van der Waals surface area contributed by atoms with Gasteiger partial charge in [0, 0.05) is 19.0 Å². The second kappa shape index (κ2) is 5.32. The molecular weight excluding hydrogens is 248 g/mol.